The van der Waals surface area contributed by atoms with Gasteiger partial charge < -0.3 is 5.32 Å². The number of nitrogens with one attached hydrogen (secondary N) is 1. The number of hydrogen-bond acceptors (Lipinski definition) is 3. The van der Waals surface area contributed by atoms with Gasteiger partial charge in [-0.1, -0.05) is 0 Å². The van der Waals surface area contributed by atoms with E-state index >= 15 is 0 Å². The minimum Gasteiger partial charge on any atom is -0.307 e. The maximum Gasteiger partial charge on any atom is 0.0330 e. The van der Waals surface area contributed by atoms with Crippen molar-refractivity contribution >= 4 is 11.3 Å². The number of hydrogen-bond donors (Lipinski definition) is 1. The fraction of sp³-hybridized carbons (Fsp3) is 0.765. The average Bonchev–Trinajstić information content (AvgIpc) is 3.03. The zero-order valence-electron chi connectivity index (χ0n) is 13.7. The van der Waals surface area contributed by atoms with Gasteiger partial charge in [0, 0.05) is 41.0 Å². The van der Waals surface area contributed by atoms with Gasteiger partial charge in [0.1, 0.15) is 0 Å². The van der Waals surface area contributed by atoms with E-state index in [0.29, 0.717) is 6.04 Å². The Kier molecular flexibility index (Phi) is 5.27. The first-order chi connectivity index (χ1) is 9.33. The first kappa shape index (κ1) is 16.0. The van der Waals surface area contributed by atoms with Crippen molar-refractivity contribution in [3.05, 3.63) is 21.9 Å². The van der Waals surface area contributed by atoms with Gasteiger partial charge in [0.25, 0.3) is 0 Å². The summed E-state index contributed by atoms with van der Waals surface area (Å²) in [6.07, 6.45) is 2.88. The highest BCUT2D eigenvalue weighted by atomic mass is 32.1. The van der Waals surface area contributed by atoms with Crippen LogP contribution in [-0.2, 0) is 13.1 Å². The summed E-state index contributed by atoms with van der Waals surface area (Å²) in [5, 5.41) is 3.57. The van der Waals surface area contributed by atoms with Gasteiger partial charge in [-0.2, -0.15) is 0 Å². The van der Waals surface area contributed by atoms with Crippen molar-refractivity contribution in [3.63, 3.8) is 0 Å². The van der Waals surface area contributed by atoms with Crippen molar-refractivity contribution in [1.82, 2.24) is 10.2 Å². The zero-order chi connectivity index (χ0) is 14.8. The molecular weight excluding hydrogens is 264 g/mol. The number of nitrogens with zero attached hydrogens (tertiary/aromatic N) is 1. The molecule has 1 saturated carbocycles. The van der Waals surface area contributed by atoms with Crippen LogP contribution in [0.5, 0.6) is 0 Å². The molecule has 0 bridgehead atoms. The van der Waals surface area contributed by atoms with E-state index in [0.717, 1.165) is 19.0 Å². The second-order valence-electron chi connectivity index (χ2n) is 7.44. The lowest BCUT2D eigenvalue weighted by atomic mass is 10.1. The van der Waals surface area contributed by atoms with Crippen LogP contribution in [0.2, 0.25) is 0 Å². The lowest BCUT2D eigenvalue weighted by Gasteiger charge is -2.25. The van der Waals surface area contributed by atoms with E-state index in [9.17, 15) is 0 Å². The molecule has 0 amide bonds. The van der Waals surface area contributed by atoms with Gasteiger partial charge in [-0.3, -0.25) is 4.90 Å². The molecule has 1 aliphatic rings. The van der Waals surface area contributed by atoms with Gasteiger partial charge in [0.2, 0.25) is 0 Å². The van der Waals surface area contributed by atoms with Crippen molar-refractivity contribution in [2.24, 2.45) is 5.92 Å². The molecule has 3 heteroatoms. The molecule has 1 N–H and O–H groups in total. The van der Waals surface area contributed by atoms with E-state index in [1.54, 1.807) is 0 Å². The van der Waals surface area contributed by atoms with Crippen molar-refractivity contribution < 1.29 is 0 Å². The minimum absolute atomic E-state index is 0.195. The Labute approximate surface area is 128 Å². The van der Waals surface area contributed by atoms with E-state index in [2.05, 4.69) is 57.0 Å². The predicted molar refractivity (Wildman–Crippen MR) is 89.2 cm³/mol. The highest BCUT2D eigenvalue weighted by Gasteiger charge is 2.25. The van der Waals surface area contributed by atoms with Crippen LogP contribution in [0, 0.1) is 5.92 Å². The van der Waals surface area contributed by atoms with Gasteiger partial charge in [-0.15, -0.1) is 11.3 Å². The standard InChI is InChI=1S/C17H30N2S/c1-13(2)19(11-14-6-7-14)12-16-9-8-15(20-16)10-18-17(3,4)5/h8-9,13-14,18H,6-7,10-12H2,1-5H3. The predicted octanol–water partition coefficient (Wildman–Crippen LogP) is 4.26. The lowest BCUT2D eigenvalue weighted by molar-refractivity contribution is 0.205. The summed E-state index contributed by atoms with van der Waals surface area (Å²) in [4.78, 5) is 5.58. The maximum atomic E-state index is 3.57. The third-order valence-electron chi connectivity index (χ3n) is 3.79. The van der Waals surface area contributed by atoms with Crippen molar-refractivity contribution in [1.29, 1.82) is 0 Å². The lowest BCUT2D eigenvalue weighted by Crippen LogP contribution is -2.34. The van der Waals surface area contributed by atoms with Crippen LogP contribution >= 0.6 is 11.3 Å². The Bertz CT molecular complexity index is 413. The van der Waals surface area contributed by atoms with E-state index in [1.807, 2.05) is 11.3 Å². The Hall–Kier alpha value is -0.380. The highest BCUT2D eigenvalue weighted by molar-refractivity contribution is 7.11. The second-order valence-corrected chi connectivity index (χ2v) is 8.69. The third-order valence-corrected chi connectivity index (χ3v) is 4.86. The monoisotopic (exact) mass is 294 g/mol. The van der Waals surface area contributed by atoms with Crippen LogP contribution < -0.4 is 5.32 Å². The molecule has 2 rings (SSSR count). The molecule has 20 heavy (non-hydrogen) atoms. The smallest absolute Gasteiger partial charge is 0.0330 e. The average molecular weight is 295 g/mol. The van der Waals surface area contributed by atoms with E-state index in [-0.39, 0.29) is 5.54 Å². The Balaban J connectivity index is 1.86. The highest BCUT2D eigenvalue weighted by Crippen LogP contribution is 2.31. The molecule has 0 aliphatic heterocycles. The van der Waals surface area contributed by atoms with Gasteiger partial charge in [-0.05, 0) is 65.5 Å². The fourth-order valence-corrected chi connectivity index (χ4v) is 3.23. The molecule has 1 heterocycles. The van der Waals surface area contributed by atoms with Crippen molar-refractivity contribution in [2.75, 3.05) is 6.54 Å². The van der Waals surface area contributed by atoms with Crippen LogP contribution in [-0.4, -0.2) is 23.0 Å². The number of thiophene rings is 1. The van der Waals surface area contributed by atoms with Crippen LogP contribution in [0.1, 0.15) is 57.2 Å². The fourth-order valence-electron chi connectivity index (χ4n) is 2.24. The van der Waals surface area contributed by atoms with E-state index in [1.165, 1.54) is 29.1 Å². The van der Waals surface area contributed by atoms with Gasteiger partial charge in [0.15, 0.2) is 0 Å². The molecule has 0 saturated heterocycles. The summed E-state index contributed by atoms with van der Waals surface area (Å²) in [6.45, 7) is 14.7. The SMILES string of the molecule is CC(C)N(Cc1ccc(CNC(C)(C)C)s1)CC1CC1. The molecule has 0 atom stereocenters. The minimum atomic E-state index is 0.195. The Morgan fingerprint density at radius 1 is 1.25 bits per heavy atom. The molecule has 0 aromatic carbocycles. The van der Waals surface area contributed by atoms with Crippen LogP contribution in [0.25, 0.3) is 0 Å². The first-order valence-electron chi connectivity index (χ1n) is 7.90. The van der Waals surface area contributed by atoms with Crippen molar-refractivity contribution in [3.8, 4) is 0 Å². The van der Waals surface area contributed by atoms with Crippen LogP contribution in [0.15, 0.2) is 12.1 Å². The molecule has 0 unspecified atom stereocenters. The first-order valence-corrected chi connectivity index (χ1v) is 8.72. The van der Waals surface area contributed by atoms with Crippen LogP contribution in [0.3, 0.4) is 0 Å². The van der Waals surface area contributed by atoms with Gasteiger partial charge in [-0.25, -0.2) is 0 Å². The molecule has 1 fully saturated rings. The maximum absolute atomic E-state index is 3.57. The van der Waals surface area contributed by atoms with Gasteiger partial charge >= 0.3 is 0 Å². The van der Waals surface area contributed by atoms with E-state index in [4.69, 9.17) is 0 Å². The molecule has 0 spiro atoms. The van der Waals surface area contributed by atoms with Gasteiger partial charge in [0.05, 0.1) is 0 Å². The largest absolute Gasteiger partial charge is 0.307 e. The van der Waals surface area contributed by atoms with Crippen molar-refractivity contribution in [2.45, 2.75) is 72.1 Å². The normalized spacial score (nSPS) is 16.4. The summed E-state index contributed by atoms with van der Waals surface area (Å²) in [7, 11) is 0. The second kappa shape index (κ2) is 6.59. The molecule has 0 radical (unpaired) electrons. The third kappa shape index (κ3) is 5.55. The molecule has 1 aromatic heterocycles. The summed E-state index contributed by atoms with van der Waals surface area (Å²) in [5.41, 5.74) is 0.195. The molecule has 2 nitrogen and oxygen atoms in total. The molecule has 1 aliphatic carbocycles. The van der Waals surface area contributed by atoms with Crippen LogP contribution in [0.4, 0.5) is 0 Å². The zero-order valence-corrected chi connectivity index (χ0v) is 14.5. The summed E-state index contributed by atoms with van der Waals surface area (Å²) in [5.74, 6) is 0.972. The summed E-state index contributed by atoms with van der Waals surface area (Å²) in [6, 6.07) is 5.25. The molecule has 1 aromatic rings. The van der Waals surface area contributed by atoms with E-state index < -0.39 is 0 Å². The molecular formula is C17H30N2S. The molecule has 114 valence electrons. The topological polar surface area (TPSA) is 15.3 Å². The summed E-state index contributed by atoms with van der Waals surface area (Å²) < 4.78 is 0. The number of rotatable bonds is 7. The summed E-state index contributed by atoms with van der Waals surface area (Å²) >= 11 is 1.96. The Morgan fingerprint density at radius 3 is 2.45 bits per heavy atom. The Morgan fingerprint density at radius 2 is 1.90 bits per heavy atom. The quantitative estimate of drug-likeness (QED) is 0.808.